The molecule has 0 bridgehead atoms. The van der Waals surface area contributed by atoms with E-state index in [4.69, 9.17) is 4.74 Å². The van der Waals surface area contributed by atoms with Gasteiger partial charge in [-0.15, -0.1) is 0 Å². The highest BCUT2D eigenvalue weighted by Gasteiger charge is 2.19. The van der Waals surface area contributed by atoms with Crippen molar-refractivity contribution in [3.8, 4) is 5.69 Å². The molecule has 142 valence electrons. The van der Waals surface area contributed by atoms with Crippen molar-refractivity contribution in [2.75, 3.05) is 25.2 Å². The molecule has 0 saturated heterocycles. The van der Waals surface area contributed by atoms with Crippen LogP contribution < -0.4 is 4.90 Å². The van der Waals surface area contributed by atoms with E-state index in [1.165, 1.54) is 11.3 Å². The minimum atomic E-state index is 0.0184. The van der Waals surface area contributed by atoms with Crippen molar-refractivity contribution in [3.63, 3.8) is 0 Å². The second-order valence-electron chi connectivity index (χ2n) is 6.44. The molecule has 0 aliphatic heterocycles. The first-order valence-corrected chi connectivity index (χ1v) is 9.93. The maximum Gasteiger partial charge on any atom is 0.233 e. The number of ether oxygens (including phenoxy) is 1. The van der Waals surface area contributed by atoms with Crippen molar-refractivity contribution >= 4 is 32.6 Å². The Morgan fingerprint density at radius 3 is 2.54 bits per heavy atom. The van der Waals surface area contributed by atoms with E-state index in [-0.39, 0.29) is 5.91 Å². The zero-order valence-corrected chi connectivity index (χ0v) is 16.4. The lowest BCUT2D eigenvalue weighted by atomic mass is 10.1. The van der Waals surface area contributed by atoms with Crippen LogP contribution in [-0.4, -0.2) is 35.7 Å². The van der Waals surface area contributed by atoms with Crippen molar-refractivity contribution in [2.24, 2.45) is 0 Å². The molecule has 0 aliphatic rings. The molecule has 4 rings (SSSR count). The fourth-order valence-corrected chi connectivity index (χ4v) is 4.06. The van der Waals surface area contributed by atoms with Crippen molar-refractivity contribution in [1.82, 2.24) is 9.55 Å². The third-order valence-electron chi connectivity index (χ3n) is 4.53. The fourth-order valence-electron chi connectivity index (χ4n) is 3.05. The van der Waals surface area contributed by atoms with Crippen LogP contribution >= 0.6 is 11.3 Å². The van der Waals surface area contributed by atoms with Gasteiger partial charge in [-0.1, -0.05) is 35.6 Å². The Kier molecular flexibility index (Phi) is 5.50. The van der Waals surface area contributed by atoms with E-state index in [1.807, 2.05) is 77.6 Å². The maximum atomic E-state index is 13.0. The summed E-state index contributed by atoms with van der Waals surface area (Å²) in [5, 5.41) is 0.715. The third kappa shape index (κ3) is 3.98. The van der Waals surface area contributed by atoms with Gasteiger partial charge in [0.2, 0.25) is 5.91 Å². The topological polar surface area (TPSA) is 47.4 Å². The predicted octanol–water partition coefficient (Wildman–Crippen LogP) is 4.31. The number of anilines is 1. The number of rotatable bonds is 7. The van der Waals surface area contributed by atoms with Crippen LogP contribution in [-0.2, 0) is 16.0 Å². The second kappa shape index (κ2) is 8.37. The molecule has 0 fully saturated rings. The Morgan fingerprint density at radius 1 is 1.07 bits per heavy atom. The summed E-state index contributed by atoms with van der Waals surface area (Å²) in [4.78, 5) is 19.4. The number of benzene rings is 2. The van der Waals surface area contributed by atoms with Crippen molar-refractivity contribution < 1.29 is 9.53 Å². The zero-order chi connectivity index (χ0) is 19.3. The second-order valence-corrected chi connectivity index (χ2v) is 7.44. The summed E-state index contributed by atoms with van der Waals surface area (Å²) in [6.45, 7) is 0.949. The lowest BCUT2D eigenvalue weighted by Crippen LogP contribution is -2.35. The van der Waals surface area contributed by atoms with Gasteiger partial charge in [0.25, 0.3) is 0 Å². The molecule has 28 heavy (non-hydrogen) atoms. The molecule has 0 spiro atoms. The minimum Gasteiger partial charge on any atom is -0.383 e. The first-order valence-electron chi connectivity index (χ1n) is 9.12. The van der Waals surface area contributed by atoms with Crippen LogP contribution in [0.25, 0.3) is 15.9 Å². The first kappa shape index (κ1) is 18.4. The Morgan fingerprint density at radius 2 is 1.82 bits per heavy atom. The first-order chi connectivity index (χ1) is 13.7. The molecule has 0 unspecified atom stereocenters. The van der Waals surface area contributed by atoms with E-state index >= 15 is 0 Å². The molecule has 0 atom stereocenters. The number of hydrogen-bond acceptors (Lipinski definition) is 4. The van der Waals surface area contributed by atoms with Gasteiger partial charge in [-0.05, 0) is 42.0 Å². The summed E-state index contributed by atoms with van der Waals surface area (Å²) in [5.74, 6) is 0.0184. The SMILES string of the molecule is COCCN(C(=O)Cc1ccc(-n2cccc2)cc1)c1nc2ccccc2s1. The molecule has 2 heterocycles. The molecule has 2 aromatic carbocycles. The molecular weight excluding hydrogens is 370 g/mol. The number of thiazole rings is 1. The van der Waals surface area contributed by atoms with Gasteiger partial charge >= 0.3 is 0 Å². The third-order valence-corrected chi connectivity index (χ3v) is 5.59. The number of nitrogens with zero attached hydrogens (tertiary/aromatic N) is 3. The average Bonchev–Trinajstić information content (AvgIpc) is 3.39. The molecule has 6 heteroatoms. The standard InChI is InChI=1S/C22H21N3O2S/c1-27-15-14-25(22-23-19-6-2-3-7-20(19)28-22)21(26)16-17-8-10-18(11-9-17)24-12-4-5-13-24/h2-13H,14-16H2,1H3. The Bertz CT molecular complexity index is 1020. The highest BCUT2D eigenvalue weighted by Crippen LogP contribution is 2.29. The number of hydrogen-bond donors (Lipinski definition) is 0. The molecule has 5 nitrogen and oxygen atoms in total. The molecule has 4 aromatic rings. The predicted molar refractivity (Wildman–Crippen MR) is 113 cm³/mol. The summed E-state index contributed by atoms with van der Waals surface area (Å²) < 4.78 is 8.32. The Hall–Kier alpha value is -2.96. The Labute approximate surface area is 167 Å². The number of methoxy groups -OCH3 is 1. The van der Waals surface area contributed by atoms with Gasteiger partial charge < -0.3 is 9.30 Å². The van der Waals surface area contributed by atoms with Crippen LogP contribution in [0.4, 0.5) is 5.13 Å². The van der Waals surface area contributed by atoms with Crippen molar-refractivity contribution in [1.29, 1.82) is 0 Å². The van der Waals surface area contributed by atoms with Crippen molar-refractivity contribution in [3.05, 3.63) is 78.6 Å². The molecule has 0 aliphatic carbocycles. The van der Waals surface area contributed by atoms with Gasteiger partial charge in [0.15, 0.2) is 5.13 Å². The van der Waals surface area contributed by atoms with Gasteiger partial charge in [0, 0.05) is 25.2 Å². The van der Waals surface area contributed by atoms with Gasteiger partial charge in [0.1, 0.15) is 0 Å². The maximum absolute atomic E-state index is 13.0. The number of carbonyl (C=O) groups is 1. The van der Waals surface area contributed by atoms with E-state index in [1.54, 1.807) is 12.0 Å². The van der Waals surface area contributed by atoms with Gasteiger partial charge in [0.05, 0.1) is 29.8 Å². The van der Waals surface area contributed by atoms with Crippen LogP contribution in [0, 0.1) is 0 Å². The largest absolute Gasteiger partial charge is 0.383 e. The molecular formula is C22H21N3O2S. The molecule has 0 N–H and O–H groups in total. The van der Waals surface area contributed by atoms with Gasteiger partial charge in [-0.25, -0.2) is 4.98 Å². The van der Waals surface area contributed by atoms with E-state index < -0.39 is 0 Å². The smallest absolute Gasteiger partial charge is 0.233 e. The summed E-state index contributed by atoms with van der Waals surface area (Å²) in [6.07, 6.45) is 4.32. The van der Waals surface area contributed by atoms with E-state index in [9.17, 15) is 4.79 Å². The fraction of sp³-hybridized carbons (Fsp3) is 0.182. The van der Waals surface area contributed by atoms with Crippen LogP contribution in [0.5, 0.6) is 0 Å². The van der Waals surface area contributed by atoms with Crippen LogP contribution in [0.2, 0.25) is 0 Å². The van der Waals surface area contributed by atoms with Crippen LogP contribution in [0.1, 0.15) is 5.56 Å². The Balaban J connectivity index is 1.53. The molecule has 0 saturated carbocycles. The summed E-state index contributed by atoms with van der Waals surface area (Å²) >= 11 is 1.53. The highest BCUT2D eigenvalue weighted by atomic mass is 32.1. The van der Waals surface area contributed by atoms with Crippen molar-refractivity contribution in [2.45, 2.75) is 6.42 Å². The number of para-hydroxylation sites is 1. The van der Waals surface area contributed by atoms with E-state index in [0.717, 1.165) is 21.5 Å². The summed E-state index contributed by atoms with van der Waals surface area (Å²) in [5.41, 5.74) is 2.96. The summed E-state index contributed by atoms with van der Waals surface area (Å²) in [6, 6.07) is 20.0. The highest BCUT2D eigenvalue weighted by molar-refractivity contribution is 7.22. The average molecular weight is 391 g/mol. The van der Waals surface area contributed by atoms with Gasteiger partial charge in [-0.2, -0.15) is 0 Å². The monoisotopic (exact) mass is 391 g/mol. The molecule has 0 radical (unpaired) electrons. The van der Waals surface area contributed by atoms with E-state index in [0.29, 0.717) is 24.7 Å². The quantitative estimate of drug-likeness (QED) is 0.472. The normalized spacial score (nSPS) is 11.0. The molecule has 1 amide bonds. The summed E-state index contributed by atoms with van der Waals surface area (Å²) in [7, 11) is 1.64. The van der Waals surface area contributed by atoms with E-state index in [2.05, 4.69) is 4.98 Å². The lowest BCUT2D eigenvalue weighted by Gasteiger charge is -2.19. The van der Waals surface area contributed by atoms with Crippen LogP contribution in [0.3, 0.4) is 0 Å². The number of aromatic nitrogens is 2. The molecule has 2 aromatic heterocycles. The van der Waals surface area contributed by atoms with Crippen LogP contribution in [0.15, 0.2) is 73.1 Å². The van der Waals surface area contributed by atoms with Gasteiger partial charge in [-0.3, -0.25) is 9.69 Å². The minimum absolute atomic E-state index is 0.0184. The zero-order valence-electron chi connectivity index (χ0n) is 15.6. The number of carbonyl (C=O) groups excluding carboxylic acids is 1. The number of amides is 1. The lowest BCUT2D eigenvalue weighted by molar-refractivity contribution is -0.118. The number of fused-ring (bicyclic) bond motifs is 1.